The first-order valence-corrected chi connectivity index (χ1v) is 4.28. The summed E-state index contributed by atoms with van der Waals surface area (Å²) in [5, 5.41) is 10.4. The van der Waals surface area contributed by atoms with E-state index in [1.54, 1.807) is 33.2 Å². The molecule has 1 aromatic heterocycles. The van der Waals surface area contributed by atoms with E-state index in [9.17, 15) is 0 Å². The molecule has 0 aliphatic heterocycles. The number of aliphatic hydroxyl groups excluding tert-OH is 1. The lowest BCUT2D eigenvalue weighted by atomic mass is 10.4. The second-order valence-corrected chi connectivity index (χ2v) is 2.36. The third-order valence-electron chi connectivity index (χ3n) is 1.35. The highest BCUT2D eigenvalue weighted by Crippen LogP contribution is 2.18. The number of rotatable bonds is 2. The van der Waals surface area contributed by atoms with Gasteiger partial charge in [0.05, 0.1) is 12.8 Å². The van der Waals surface area contributed by atoms with Crippen LogP contribution in [-0.4, -0.2) is 30.9 Å². The first-order valence-electron chi connectivity index (χ1n) is 4.28. The van der Waals surface area contributed by atoms with E-state index in [-0.39, 0.29) is 6.61 Å². The number of aromatic nitrogens is 1. The van der Waals surface area contributed by atoms with Gasteiger partial charge in [-0.2, -0.15) is 4.98 Å². The van der Waals surface area contributed by atoms with Crippen molar-refractivity contribution in [1.82, 2.24) is 4.98 Å². The maximum atomic E-state index is 7.57. The molecule has 1 rings (SSSR count). The Morgan fingerprint density at radius 2 is 2.14 bits per heavy atom. The van der Waals surface area contributed by atoms with Crippen LogP contribution < -0.4 is 15.8 Å². The molecule has 0 amide bonds. The molecule has 5 nitrogen and oxygen atoms in total. The SMILES string of the molecule is CCO.CNc1nc(OC)ccc1N. The number of nitrogens with two attached hydrogens (primary N) is 1. The summed E-state index contributed by atoms with van der Waals surface area (Å²) in [5.74, 6) is 1.20. The number of anilines is 2. The average Bonchev–Trinajstić information content (AvgIpc) is 2.20. The summed E-state index contributed by atoms with van der Waals surface area (Å²) in [6, 6.07) is 3.47. The summed E-state index contributed by atoms with van der Waals surface area (Å²) in [7, 11) is 3.33. The van der Waals surface area contributed by atoms with Gasteiger partial charge in [0.1, 0.15) is 0 Å². The van der Waals surface area contributed by atoms with Crippen molar-refractivity contribution < 1.29 is 9.84 Å². The number of nitrogen functional groups attached to an aromatic ring is 1. The summed E-state index contributed by atoms with van der Waals surface area (Å²) in [6.45, 7) is 1.93. The minimum absolute atomic E-state index is 0.250. The van der Waals surface area contributed by atoms with Crippen LogP contribution >= 0.6 is 0 Å². The molecule has 0 spiro atoms. The van der Waals surface area contributed by atoms with Gasteiger partial charge in [0, 0.05) is 19.7 Å². The quantitative estimate of drug-likeness (QED) is 0.653. The molecule has 0 unspecified atom stereocenters. The average molecular weight is 199 g/mol. The van der Waals surface area contributed by atoms with Crippen molar-refractivity contribution in [3.63, 3.8) is 0 Å². The van der Waals surface area contributed by atoms with Crippen molar-refractivity contribution in [3.8, 4) is 5.88 Å². The van der Waals surface area contributed by atoms with Crippen molar-refractivity contribution in [2.75, 3.05) is 31.8 Å². The molecule has 14 heavy (non-hydrogen) atoms. The summed E-state index contributed by atoms with van der Waals surface area (Å²) in [6.07, 6.45) is 0. The van der Waals surface area contributed by atoms with Crippen LogP contribution in [0.25, 0.3) is 0 Å². The Morgan fingerprint density at radius 1 is 1.57 bits per heavy atom. The number of nitrogens with one attached hydrogen (secondary N) is 1. The van der Waals surface area contributed by atoms with Crippen LogP contribution in [0.2, 0.25) is 0 Å². The van der Waals surface area contributed by atoms with Crippen molar-refractivity contribution in [3.05, 3.63) is 12.1 Å². The third kappa shape index (κ3) is 3.95. The predicted octanol–water partition coefficient (Wildman–Crippen LogP) is 0.713. The number of ether oxygens (including phenoxy) is 1. The standard InChI is InChI=1S/C7H11N3O.C2H6O/c1-9-7-5(8)3-4-6(10-7)11-2;1-2-3/h3-4H,8H2,1-2H3,(H,9,10);3H,2H2,1H3. The van der Waals surface area contributed by atoms with Gasteiger partial charge in [-0.05, 0) is 13.0 Å². The molecule has 0 atom stereocenters. The molecule has 0 saturated carbocycles. The van der Waals surface area contributed by atoms with Crippen LogP contribution in [0.3, 0.4) is 0 Å². The molecular weight excluding hydrogens is 182 g/mol. The Labute approximate surface area is 83.9 Å². The van der Waals surface area contributed by atoms with E-state index >= 15 is 0 Å². The van der Waals surface area contributed by atoms with E-state index in [4.69, 9.17) is 15.6 Å². The number of hydrogen-bond donors (Lipinski definition) is 3. The molecule has 5 heteroatoms. The first-order chi connectivity index (χ1) is 6.69. The minimum Gasteiger partial charge on any atom is -0.481 e. The van der Waals surface area contributed by atoms with E-state index in [0.717, 1.165) is 0 Å². The van der Waals surface area contributed by atoms with Gasteiger partial charge in [0.15, 0.2) is 5.82 Å². The minimum atomic E-state index is 0.250. The maximum absolute atomic E-state index is 7.57. The summed E-state index contributed by atoms with van der Waals surface area (Å²) < 4.78 is 4.90. The highest BCUT2D eigenvalue weighted by Gasteiger charge is 1.99. The molecule has 0 fully saturated rings. The van der Waals surface area contributed by atoms with E-state index in [1.165, 1.54) is 0 Å². The van der Waals surface area contributed by atoms with E-state index in [0.29, 0.717) is 17.4 Å². The molecule has 0 aromatic carbocycles. The molecular formula is C9H17N3O2. The number of hydrogen-bond acceptors (Lipinski definition) is 5. The first kappa shape index (κ1) is 12.5. The lowest BCUT2D eigenvalue weighted by Gasteiger charge is -2.04. The van der Waals surface area contributed by atoms with Gasteiger partial charge >= 0.3 is 0 Å². The van der Waals surface area contributed by atoms with Crippen LogP contribution in [0.1, 0.15) is 6.92 Å². The van der Waals surface area contributed by atoms with Crippen molar-refractivity contribution in [1.29, 1.82) is 0 Å². The Kier molecular flexibility index (Phi) is 6.22. The van der Waals surface area contributed by atoms with E-state index in [2.05, 4.69) is 10.3 Å². The fourth-order valence-electron chi connectivity index (χ4n) is 0.766. The number of aliphatic hydroxyl groups is 1. The van der Waals surface area contributed by atoms with Gasteiger partial charge in [0.25, 0.3) is 0 Å². The van der Waals surface area contributed by atoms with Crippen LogP contribution in [0.4, 0.5) is 11.5 Å². The zero-order valence-electron chi connectivity index (χ0n) is 8.74. The topological polar surface area (TPSA) is 80.4 Å². The fourth-order valence-corrected chi connectivity index (χ4v) is 0.766. The monoisotopic (exact) mass is 199 g/mol. The largest absolute Gasteiger partial charge is 0.481 e. The molecule has 80 valence electrons. The third-order valence-corrected chi connectivity index (χ3v) is 1.35. The van der Waals surface area contributed by atoms with Crippen LogP contribution in [0, 0.1) is 0 Å². The van der Waals surface area contributed by atoms with Crippen LogP contribution in [0.5, 0.6) is 5.88 Å². The highest BCUT2D eigenvalue weighted by atomic mass is 16.5. The zero-order chi connectivity index (χ0) is 11.0. The molecule has 0 aliphatic carbocycles. The van der Waals surface area contributed by atoms with Gasteiger partial charge < -0.3 is 20.9 Å². The Hall–Kier alpha value is -1.49. The molecule has 0 bridgehead atoms. The normalized spacial score (nSPS) is 8.57. The number of methoxy groups -OCH3 is 1. The molecule has 1 heterocycles. The van der Waals surface area contributed by atoms with Gasteiger partial charge in [-0.25, -0.2) is 0 Å². The molecule has 0 aliphatic rings. The number of pyridine rings is 1. The molecule has 4 N–H and O–H groups in total. The van der Waals surface area contributed by atoms with Crippen molar-refractivity contribution in [2.24, 2.45) is 0 Å². The summed E-state index contributed by atoms with van der Waals surface area (Å²) in [5.41, 5.74) is 6.19. The Bertz CT molecular complexity index is 266. The van der Waals surface area contributed by atoms with Gasteiger partial charge in [-0.3, -0.25) is 0 Å². The maximum Gasteiger partial charge on any atom is 0.215 e. The molecule has 0 saturated heterocycles. The summed E-state index contributed by atoms with van der Waals surface area (Å²) in [4.78, 5) is 4.05. The second-order valence-electron chi connectivity index (χ2n) is 2.36. The van der Waals surface area contributed by atoms with Crippen molar-refractivity contribution >= 4 is 11.5 Å². The van der Waals surface area contributed by atoms with Crippen LogP contribution in [0.15, 0.2) is 12.1 Å². The highest BCUT2D eigenvalue weighted by molar-refractivity contribution is 5.61. The fraction of sp³-hybridized carbons (Fsp3) is 0.444. The van der Waals surface area contributed by atoms with E-state index < -0.39 is 0 Å². The van der Waals surface area contributed by atoms with Crippen molar-refractivity contribution in [2.45, 2.75) is 6.92 Å². The second kappa shape index (κ2) is 6.97. The van der Waals surface area contributed by atoms with E-state index in [1.807, 2.05) is 0 Å². The lowest BCUT2D eigenvalue weighted by Crippen LogP contribution is -1.99. The predicted molar refractivity (Wildman–Crippen MR) is 57.5 cm³/mol. The van der Waals surface area contributed by atoms with Gasteiger partial charge in [0.2, 0.25) is 5.88 Å². The molecule has 1 aromatic rings. The van der Waals surface area contributed by atoms with Gasteiger partial charge in [-0.1, -0.05) is 0 Å². The van der Waals surface area contributed by atoms with Crippen LogP contribution in [-0.2, 0) is 0 Å². The van der Waals surface area contributed by atoms with Gasteiger partial charge in [-0.15, -0.1) is 0 Å². The smallest absolute Gasteiger partial charge is 0.215 e. The molecule has 0 radical (unpaired) electrons. The lowest BCUT2D eigenvalue weighted by molar-refractivity contribution is 0.318. The summed E-state index contributed by atoms with van der Waals surface area (Å²) >= 11 is 0. The Morgan fingerprint density at radius 3 is 2.57 bits per heavy atom. The zero-order valence-corrected chi connectivity index (χ0v) is 8.74. The Balaban J connectivity index is 0.000000500. The number of nitrogens with zero attached hydrogens (tertiary/aromatic N) is 1.